The SMILES string of the molecule is CCC1(CNc2ccc(C(=O)O)c(Br)c2)CCCC1. The van der Waals surface area contributed by atoms with Crippen LogP contribution in [0.3, 0.4) is 0 Å². The molecule has 0 saturated heterocycles. The van der Waals surface area contributed by atoms with Crippen LogP contribution in [0, 0.1) is 5.41 Å². The molecule has 1 aromatic rings. The van der Waals surface area contributed by atoms with Crippen LogP contribution in [0.4, 0.5) is 5.69 Å². The number of hydrogen-bond acceptors (Lipinski definition) is 2. The number of hydrogen-bond donors (Lipinski definition) is 2. The Morgan fingerprint density at radius 1 is 1.42 bits per heavy atom. The topological polar surface area (TPSA) is 49.3 Å². The fraction of sp³-hybridized carbons (Fsp3) is 0.533. The second-order valence-electron chi connectivity index (χ2n) is 5.41. The number of carboxylic acids is 1. The second kappa shape index (κ2) is 5.95. The van der Waals surface area contributed by atoms with E-state index in [9.17, 15) is 4.79 Å². The van der Waals surface area contributed by atoms with Crippen molar-refractivity contribution in [2.45, 2.75) is 39.0 Å². The lowest BCUT2D eigenvalue weighted by atomic mass is 9.83. The molecule has 104 valence electrons. The molecule has 2 N–H and O–H groups in total. The first kappa shape index (κ1) is 14.4. The number of nitrogens with one attached hydrogen (secondary N) is 1. The summed E-state index contributed by atoms with van der Waals surface area (Å²) in [6, 6.07) is 5.33. The first-order valence-electron chi connectivity index (χ1n) is 6.83. The summed E-state index contributed by atoms with van der Waals surface area (Å²) >= 11 is 3.31. The molecule has 0 spiro atoms. The van der Waals surface area contributed by atoms with Gasteiger partial charge in [-0.3, -0.25) is 0 Å². The van der Waals surface area contributed by atoms with Gasteiger partial charge in [-0.25, -0.2) is 4.79 Å². The molecule has 19 heavy (non-hydrogen) atoms. The van der Waals surface area contributed by atoms with Gasteiger partial charge in [-0.05, 0) is 58.8 Å². The Labute approximate surface area is 122 Å². The maximum absolute atomic E-state index is 10.9. The highest BCUT2D eigenvalue weighted by atomic mass is 79.9. The molecule has 0 heterocycles. The molecule has 0 radical (unpaired) electrons. The molecule has 0 unspecified atom stereocenters. The van der Waals surface area contributed by atoms with E-state index in [4.69, 9.17) is 5.11 Å². The fourth-order valence-electron chi connectivity index (χ4n) is 2.87. The Kier molecular flexibility index (Phi) is 4.50. The van der Waals surface area contributed by atoms with Crippen LogP contribution in [-0.2, 0) is 0 Å². The van der Waals surface area contributed by atoms with Gasteiger partial charge < -0.3 is 10.4 Å². The highest BCUT2D eigenvalue weighted by Gasteiger charge is 2.31. The van der Waals surface area contributed by atoms with Gasteiger partial charge in [0.2, 0.25) is 0 Å². The highest BCUT2D eigenvalue weighted by molar-refractivity contribution is 9.10. The van der Waals surface area contributed by atoms with Gasteiger partial charge in [0.1, 0.15) is 0 Å². The van der Waals surface area contributed by atoms with Crippen molar-refractivity contribution in [3.05, 3.63) is 28.2 Å². The van der Waals surface area contributed by atoms with Crippen LogP contribution >= 0.6 is 15.9 Å². The van der Waals surface area contributed by atoms with Crippen LogP contribution in [0.2, 0.25) is 0 Å². The van der Waals surface area contributed by atoms with E-state index in [0.717, 1.165) is 12.2 Å². The van der Waals surface area contributed by atoms with Gasteiger partial charge in [0.25, 0.3) is 0 Å². The summed E-state index contributed by atoms with van der Waals surface area (Å²) in [5.74, 6) is -0.903. The van der Waals surface area contributed by atoms with E-state index in [1.54, 1.807) is 6.07 Å². The molecule has 1 aliphatic rings. The monoisotopic (exact) mass is 325 g/mol. The van der Waals surface area contributed by atoms with Gasteiger partial charge in [-0.2, -0.15) is 0 Å². The Bertz CT molecular complexity index is 467. The van der Waals surface area contributed by atoms with Crippen LogP contribution in [-0.4, -0.2) is 17.6 Å². The number of carbonyl (C=O) groups is 1. The Balaban J connectivity index is 2.03. The zero-order chi connectivity index (χ0) is 13.9. The minimum absolute atomic E-state index is 0.302. The summed E-state index contributed by atoms with van der Waals surface area (Å²) in [7, 11) is 0. The third-order valence-corrected chi connectivity index (χ3v) is 4.94. The lowest BCUT2D eigenvalue weighted by Crippen LogP contribution is -2.25. The molecule has 1 aliphatic carbocycles. The standard InChI is InChI=1S/C15H20BrNO2/c1-2-15(7-3-4-8-15)10-17-11-5-6-12(14(18)19)13(16)9-11/h5-6,9,17H,2-4,7-8,10H2,1H3,(H,18,19). The maximum atomic E-state index is 10.9. The number of anilines is 1. The van der Waals surface area contributed by atoms with E-state index in [0.29, 0.717) is 15.5 Å². The van der Waals surface area contributed by atoms with Crippen molar-refractivity contribution in [3.63, 3.8) is 0 Å². The van der Waals surface area contributed by atoms with Crippen molar-refractivity contribution in [1.82, 2.24) is 0 Å². The zero-order valence-corrected chi connectivity index (χ0v) is 12.8. The molecule has 0 atom stereocenters. The minimum Gasteiger partial charge on any atom is -0.478 e. The molecular formula is C15H20BrNO2. The fourth-order valence-corrected chi connectivity index (χ4v) is 3.42. The zero-order valence-electron chi connectivity index (χ0n) is 11.2. The molecule has 4 heteroatoms. The van der Waals surface area contributed by atoms with Gasteiger partial charge in [0, 0.05) is 16.7 Å². The predicted octanol–water partition coefficient (Wildman–Crippen LogP) is 4.53. The summed E-state index contributed by atoms with van der Waals surface area (Å²) in [5.41, 5.74) is 1.71. The van der Waals surface area contributed by atoms with Gasteiger partial charge in [-0.1, -0.05) is 19.8 Å². The van der Waals surface area contributed by atoms with Gasteiger partial charge in [-0.15, -0.1) is 0 Å². The number of rotatable bonds is 5. The number of aromatic carboxylic acids is 1. The van der Waals surface area contributed by atoms with E-state index in [1.807, 2.05) is 12.1 Å². The summed E-state index contributed by atoms with van der Waals surface area (Å²) in [6.07, 6.45) is 6.46. The molecule has 1 saturated carbocycles. The summed E-state index contributed by atoms with van der Waals surface area (Å²) in [5, 5.41) is 12.5. The third-order valence-electron chi connectivity index (χ3n) is 4.28. The van der Waals surface area contributed by atoms with Gasteiger partial charge in [0.15, 0.2) is 0 Å². The van der Waals surface area contributed by atoms with Crippen LogP contribution in [0.1, 0.15) is 49.4 Å². The van der Waals surface area contributed by atoms with Crippen molar-refractivity contribution in [1.29, 1.82) is 0 Å². The van der Waals surface area contributed by atoms with Gasteiger partial charge in [0.05, 0.1) is 5.56 Å². The van der Waals surface area contributed by atoms with E-state index in [2.05, 4.69) is 28.2 Å². The van der Waals surface area contributed by atoms with Crippen molar-refractivity contribution in [2.24, 2.45) is 5.41 Å². The van der Waals surface area contributed by atoms with Crippen LogP contribution in [0.15, 0.2) is 22.7 Å². The number of benzene rings is 1. The summed E-state index contributed by atoms with van der Waals surface area (Å²) in [4.78, 5) is 10.9. The molecule has 1 fully saturated rings. The van der Waals surface area contributed by atoms with Crippen LogP contribution in [0.25, 0.3) is 0 Å². The smallest absolute Gasteiger partial charge is 0.336 e. The lowest BCUT2D eigenvalue weighted by Gasteiger charge is -2.28. The van der Waals surface area contributed by atoms with E-state index in [1.165, 1.54) is 32.1 Å². The summed E-state index contributed by atoms with van der Waals surface area (Å²) < 4.78 is 0.627. The Morgan fingerprint density at radius 2 is 2.11 bits per heavy atom. The maximum Gasteiger partial charge on any atom is 0.336 e. The normalized spacial score (nSPS) is 17.4. The van der Waals surface area contributed by atoms with Crippen molar-refractivity contribution >= 4 is 27.6 Å². The molecule has 2 rings (SSSR count). The molecule has 0 aliphatic heterocycles. The number of carboxylic acid groups (broad SMARTS) is 1. The van der Waals surface area contributed by atoms with Crippen molar-refractivity contribution < 1.29 is 9.90 Å². The van der Waals surface area contributed by atoms with E-state index < -0.39 is 5.97 Å². The molecule has 0 bridgehead atoms. The van der Waals surface area contributed by atoms with E-state index >= 15 is 0 Å². The first-order chi connectivity index (χ1) is 9.06. The van der Waals surface area contributed by atoms with Crippen LogP contribution in [0.5, 0.6) is 0 Å². The molecular weight excluding hydrogens is 306 g/mol. The molecule has 0 aromatic heterocycles. The molecule has 0 amide bonds. The predicted molar refractivity (Wildman–Crippen MR) is 80.8 cm³/mol. The highest BCUT2D eigenvalue weighted by Crippen LogP contribution is 2.41. The Morgan fingerprint density at radius 3 is 2.63 bits per heavy atom. The molecule has 1 aromatic carbocycles. The average molecular weight is 326 g/mol. The largest absolute Gasteiger partial charge is 0.478 e. The Hall–Kier alpha value is -1.03. The first-order valence-corrected chi connectivity index (χ1v) is 7.62. The third kappa shape index (κ3) is 3.30. The van der Waals surface area contributed by atoms with Crippen LogP contribution < -0.4 is 5.32 Å². The summed E-state index contributed by atoms with van der Waals surface area (Å²) in [6.45, 7) is 3.23. The average Bonchev–Trinajstić information content (AvgIpc) is 2.85. The number of halogens is 1. The van der Waals surface area contributed by atoms with Crippen molar-refractivity contribution in [2.75, 3.05) is 11.9 Å². The van der Waals surface area contributed by atoms with Crippen molar-refractivity contribution in [3.8, 4) is 0 Å². The lowest BCUT2D eigenvalue weighted by molar-refractivity contribution is 0.0696. The second-order valence-corrected chi connectivity index (χ2v) is 6.27. The quantitative estimate of drug-likeness (QED) is 0.836. The molecule has 3 nitrogen and oxygen atoms in total. The van der Waals surface area contributed by atoms with Gasteiger partial charge >= 0.3 is 5.97 Å². The van der Waals surface area contributed by atoms with E-state index in [-0.39, 0.29) is 0 Å². The minimum atomic E-state index is -0.903.